The number of ether oxygens (including phenoxy) is 2. The second-order valence-corrected chi connectivity index (χ2v) is 6.40. The molecule has 0 saturated carbocycles. The molecular formula is C21H19NO4. The van der Waals surface area contributed by atoms with Gasteiger partial charge in [0.15, 0.2) is 17.6 Å². The van der Waals surface area contributed by atoms with Crippen molar-refractivity contribution >= 4 is 16.7 Å². The number of benzene rings is 3. The number of nitrogens with zero attached hydrogens (tertiary/aromatic N) is 1. The first-order chi connectivity index (χ1) is 12.6. The molecule has 4 rings (SSSR count). The highest BCUT2D eigenvalue weighted by Gasteiger charge is 2.25. The molecule has 0 saturated heterocycles. The van der Waals surface area contributed by atoms with E-state index in [1.807, 2.05) is 48.5 Å². The Morgan fingerprint density at radius 2 is 1.73 bits per heavy atom. The van der Waals surface area contributed by atoms with Gasteiger partial charge in [-0.15, -0.1) is 0 Å². The zero-order valence-electron chi connectivity index (χ0n) is 14.4. The lowest BCUT2D eigenvalue weighted by atomic mass is 10.0. The summed E-state index contributed by atoms with van der Waals surface area (Å²) in [6, 6.07) is 18.4. The predicted octanol–water partition coefficient (Wildman–Crippen LogP) is 3.46. The summed E-state index contributed by atoms with van der Waals surface area (Å²) in [6.45, 7) is 0.734. The monoisotopic (exact) mass is 349 g/mol. The fraction of sp³-hybridized carbons (Fsp3) is 0.190. The van der Waals surface area contributed by atoms with E-state index < -0.39 is 0 Å². The first-order valence-electron chi connectivity index (χ1n) is 8.47. The highest BCUT2D eigenvalue weighted by molar-refractivity contribution is 6.01. The molecule has 0 bridgehead atoms. The molecule has 1 aliphatic rings. The Bertz CT molecular complexity index is 969. The van der Waals surface area contributed by atoms with Gasteiger partial charge in [0, 0.05) is 7.05 Å². The van der Waals surface area contributed by atoms with Crippen molar-refractivity contribution in [2.24, 2.45) is 0 Å². The van der Waals surface area contributed by atoms with Gasteiger partial charge in [-0.05, 0) is 35.0 Å². The van der Waals surface area contributed by atoms with E-state index in [0.29, 0.717) is 24.7 Å². The average molecular weight is 349 g/mol. The van der Waals surface area contributed by atoms with Crippen LogP contribution < -0.4 is 9.47 Å². The molecule has 1 unspecified atom stereocenters. The lowest BCUT2D eigenvalue weighted by Crippen LogP contribution is -2.41. The second-order valence-electron chi connectivity index (χ2n) is 6.40. The summed E-state index contributed by atoms with van der Waals surface area (Å²) < 4.78 is 11.6. The summed E-state index contributed by atoms with van der Waals surface area (Å²) in [4.78, 5) is 14.3. The van der Waals surface area contributed by atoms with E-state index in [1.165, 1.54) is 0 Å². The standard InChI is InChI=1S/C21H19NO4/c1-22(12-16-13-25-19-8-4-5-9-20(19)26-16)21(24)17-10-14-6-2-3-7-15(14)11-18(17)23/h2-11,16,23H,12-13H2,1H3. The van der Waals surface area contributed by atoms with Crippen LogP contribution in [0.15, 0.2) is 60.7 Å². The number of aromatic hydroxyl groups is 1. The fourth-order valence-corrected chi connectivity index (χ4v) is 3.15. The number of phenolic OH excluding ortho intramolecular Hbond substituents is 1. The number of likely N-dealkylation sites (N-methyl/N-ethyl adjacent to an activating group) is 1. The molecule has 1 aliphatic heterocycles. The van der Waals surface area contributed by atoms with Gasteiger partial charge in [-0.25, -0.2) is 0 Å². The van der Waals surface area contributed by atoms with Crippen LogP contribution in [0.3, 0.4) is 0 Å². The molecule has 0 spiro atoms. The van der Waals surface area contributed by atoms with Crippen LogP contribution in [0, 0.1) is 0 Å². The zero-order chi connectivity index (χ0) is 18.1. The molecular weight excluding hydrogens is 330 g/mol. The maximum absolute atomic E-state index is 12.8. The van der Waals surface area contributed by atoms with Gasteiger partial charge in [0.2, 0.25) is 0 Å². The van der Waals surface area contributed by atoms with E-state index in [0.717, 1.165) is 10.8 Å². The van der Waals surface area contributed by atoms with Crippen molar-refractivity contribution in [1.29, 1.82) is 0 Å². The third kappa shape index (κ3) is 3.04. The van der Waals surface area contributed by atoms with Crippen LogP contribution in [0.5, 0.6) is 17.2 Å². The van der Waals surface area contributed by atoms with E-state index >= 15 is 0 Å². The number of phenols is 1. The van der Waals surface area contributed by atoms with Crippen LogP contribution >= 0.6 is 0 Å². The van der Waals surface area contributed by atoms with Gasteiger partial charge in [0.05, 0.1) is 12.1 Å². The van der Waals surface area contributed by atoms with Crippen molar-refractivity contribution in [2.75, 3.05) is 20.2 Å². The van der Waals surface area contributed by atoms with Gasteiger partial charge in [0.1, 0.15) is 12.4 Å². The number of fused-ring (bicyclic) bond motifs is 2. The van der Waals surface area contributed by atoms with Crippen molar-refractivity contribution < 1.29 is 19.4 Å². The van der Waals surface area contributed by atoms with Crippen LogP contribution in [0.1, 0.15) is 10.4 Å². The van der Waals surface area contributed by atoms with Crippen LogP contribution in [-0.2, 0) is 0 Å². The summed E-state index contributed by atoms with van der Waals surface area (Å²) in [5.41, 5.74) is 0.281. The molecule has 5 heteroatoms. The van der Waals surface area contributed by atoms with Gasteiger partial charge in [-0.1, -0.05) is 36.4 Å². The van der Waals surface area contributed by atoms with Crippen LogP contribution in [0.4, 0.5) is 0 Å². The van der Waals surface area contributed by atoms with Crippen LogP contribution in [0.2, 0.25) is 0 Å². The second kappa shape index (κ2) is 6.59. The lowest BCUT2D eigenvalue weighted by molar-refractivity contribution is 0.0519. The zero-order valence-corrected chi connectivity index (χ0v) is 14.4. The van der Waals surface area contributed by atoms with Gasteiger partial charge >= 0.3 is 0 Å². The minimum Gasteiger partial charge on any atom is -0.507 e. The molecule has 1 atom stereocenters. The Balaban J connectivity index is 1.51. The SMILES string of the molecule is CN(CC1COc2ccccc2O1)C(=O)c1cc2ccccc2cc1O. The van der Waals surface area contributed by atoms with E-state index in [-0.39, 0.29) is 23.3 Å². The minimum atomic E-state index is -0.263. The number of hydrogen-bond acceptors (Lipinski definition) is 4. The third-order valence-electron chi connectivity index (χ3n) is 4.49. The first kappa shape index (κ1) is 16.3. The lowest BCUT2D eigenvalue weighted by Gasteiger charge is -2.29. The predicted molar refractivity (Wildman–Crippen MR) is 98.9 cm³/mol. The van der Waals surface area contributed by atoms with Crippen LogP contribution in [0.25, 0.3) is 10.8 Å². The van der Waals surface area contributed by atoms with Gasteiger partial charge in [0.25, 0.3) is 5.91 Å². The number of hydrogen-bond donors (Lipinski definition) is 1. The molecule has 0 aliphatic carbocycles. The minimum absolute atomic E-state index is 0.0216. The van der Waals surface area contributed by atoms with E-state index in [1.54, 1.807) is 24.1 Å². The molecule has 3 aromatic rings. The van der Waals surface area contributed by atoms with Gasteiger partial charge < -0.3 is 19.5 Å². The molecule has 1 amide bonds. The first-order valence-corrected chi connectivity index (χ1v) is 8.47. The topological polar surface area (TPSA) is 59.0 Å². The van der Waals surface area contributed by atoms with E-state index in [9.17, 15) is 9.90 Å². The summed E-state index contributed by atoms with van der Waals surface area (Å²) in [5.74, 6) is 1.12. The normalized spacial score (nSPS) is 15.7. The molecule has 0 radical (unpaired) electrons. The van der Waals surface area contributed by atoms with Crippen molar-refractivity contribution in [1.82, 2.24) is 4.90 Å². The number of carbonyl (C=O) groups excluding carboxylic acids is 1. The Hall–Kier alpha value is -3.21. The Labute approximate surface area is 151 Å². The van der Waals surface area contributed by atoms with E-state index in [4.69, 9.17) is 9.47 Å². The van der Waals surface area contributed by atoms with Crippen molar-refractivity contribution in [3.05, 3.63) is 66.2 Å². The molecule has 0 fully saturated rings. The Kier molecular flexibility index (Phi) is 4.13. The van der Waals surface area contributed by atoms with Gasteiger partial charge in [-0.2, -0.15) is 0 Å². The fourth-order valence-electron chi connectivity index (χ4n) is 3.15. The highest BCUT2D eigenvalue weighted by Crippen LogP contribution is 2.31. The summed E-state index contributed by atoms with van der Waals surface area (Å²) in [6.07, 6.45) is -0.263. The maximum atomic E-state index is 12.8. The smallest absolute Gasteiger partial charge is 0.257 e. The molecule has 1 heterocycles. The van der Waals surface area contributed by atoms with E-state index in [2.05, 4.69) is 0 Å². The maximum Gasteiger partial charge on any atom is 0.257 e. The molecule has 26 heavy (non-hydrogen) atoms. The molecule has 0 aromatic heterocycles. The third-order valence-corrected chi connectivity index (χ3v) is 4.49. The molecule has 1 N–H and O–H groups in total. The quantitative estimate of drug-likeness (QED) is 0.787. The Morgan fingerprint density at radius 1 is 1.08 bits per heavy atom. The van der Waals surface area contributed by atoms with Crippen molar-refractivity contribution in [3.63, 3.8) is 0 Å². The number of para-hydroxylation sites is 2. The highest BCUT2D eigenvalue weighted by atomic mass is 16.6. The summed E-state index contributed by atoms with van der Waals surface area (Å²) >= 11 is 0. The van der Waals surface area contributed by atoms with Crippen LogP contribution in [-0.4, -0.2) is 42.2 Å². The summed E-state index contributed by atoms with van der Waals surface area (Å²) in [7, 11) is 1.70. The number of carbonyl (C=O) groups is 1. The largest absolute Gasteiger partial charge is 0.507 e. The van der Waals surface area contributed by atoms with Crippen molar-refractivity contribution in [3.8, 4) is 17.2 Å². The molecule has 3 aromatic carbocycles. The average Bonchev–Trinajstić information content (AvgIpc) is 2.66. The molecule has 5 nitrogen and oxygen atoms in total. The number of rotatable bonds is 3. The molecule has 132 valence electrons. The Morgan fingerprint density at radius 3 is 2.50 bits per heavy atom. The summed E-state index contributed by atoms with van der Waals surface area (Å²) in [5, 5.41) is 12.1. The number of amides is 1. The van der Waals surface area contributed by atoms with Crippen molar-refractivity contribution in [2.45, 2.75) is 6.10 Å². The van der Waals surface area contributed by atoms with Gasteiger partial charge in [-0.3, -0.25) is 4.79 Å².